The summed E-state index contributed by atoms with van der Waals surface area (Å²) in [7, 11) is 0. The first-order chi connectivity index (χ1) is 8.85. The summed E-state index contributed by atoms with van der Waals surface area (Å²) in [6.07, 6.45) is -2.82. The molecule has 1 aliphatic rings. The van der Waals surface area contributed by atoms with Crippen molar-refractivity contribution in [3.05, 3.63) is 18.7 Å². The number of hydrogen-bond acceptors (Lipinski definition) is 8. The van der Waals surface area contributed by atoms with Crippen molar-refractivity contribution in [2.75, 3.05) is 0 Å². The molecule has 0 aromatic carbocycles. The van der Waals surface area contributed by atoms with E-state index < -0.39 is 36.5 Å². The molecule has 1 aromatic rings. The first-order valence-corrected chi connectivity index (χ1v) is 5.35. The number of aromatic nitrogens is 2. The minimum atomic E-state index is -2.56. The lowest BCUT2D eigenvalue weighted by Crippen LogP contribution is -2.57. The number of aliphatic hydroxyl groups excluding tert-OH is 3. The van der Waals surface area contributed by atoms with Crippen LogP contribution < -0.4 is 11.1 Å². The summed E-state index contributed by atoms with van der Waals surface area (Å²) >= 11 is 0. The van der Waals surface area contributed by atoms with Crippen LogP contribution in [0.15, 0.2) is 18.7 Å². The normalized spacial score (nSPS) is 36.2. The monoisotopic (exact) mass is 274 g/mol. The summed E-state index contributed by atoms with van der Waals surface area (Å²) in [6.45, 7) is 0. The van der Waals surface area contributed by atoms with E-state index in [9.17, 15) is 20.1 Å². The molecule has 1 fully saturated rings. The van der Waals surface area contributed by atoms with Crippen LogP contribution in [-0.4, -0.2) is 66.5 Å². The molecule has 19 heavy (non-hydrogen) atoms. The summed E-state index contributed by atoms with van der Waals surface area (Å²) in [5.74, 6) is -2.56. The van der Waals surface area contributed by atoms with Gasteiger partial charge in [0.2, 0.25) is 0 Å². The van der Waals surface area contributed by atoms with Crippen LogP contribution in [0, 0.1) is 0 Å². The molecular formula is C9H14N4O6. The molecule has 1 aromatic heterocycles. The molecular weight excluding hydrogens is 260 g/mol. The third kappa shape index (κ3) is 2.45. The first kappa shape index (κ1) is 13.9. The van der Waals surface area contributed by atoms with E-state index in [0.717, 1.165) is 10.9 Å². The second-order valence-electron chi connectivity index (χ2n) is 4.11. The zero-order valence-electron chi connectivity index (χ0n) is 9.62. The molecule has 2 rings (SSSR count). The van der Waals surface area contributed by atoms with Gasteiger partial charge in [0.05, 0.1) is 0 Å². The zero-order chi connectivity index (χ0) is 14.2. The standard InChI is InChI=1S/C9H14N4O6/c10-7(16)5-4(14)6(15)9(18,19-5)12-8(17)13-2-1-11-3-13/h1-7,14-16,18H,10H2,(H,12,17)/t4-,5+,6-,7?,9-/m1/s1. The molecule has 10 heteroatoms. The van der Waals surface area contributed by atoms with Crippen LogP contribution in [-0.2, 0) is 4.74 Å². The van der Waals surface area contributed by atoms with Crippen LogP contribution in [0.25, 0.3) is 0 Å². The zero-order valence-corrected chi connectivity index (χ0v) is 9.62. The Morgan fingerprint density at radius 2 is 2.26 bits per heavy atom. The number of nitrogens with zero attached hydrogens (tertiary/aromatic N) is 2. The van der Waals surface area contributed by atoms with Gasteiger partial charge in [0.1, 0.15) is 24.8 Å². The maximum Gasteiger partial charge on any atom is 0.330 e. The number of ether oxygens (including phenoxy) is 1. The highest BCUT2D eigenvalue weighted by atomic mass is 16.7. The summed E-state index contributed by atoms with van der Waals surface area (Å²) in [4.78, 5) is 15.3. The summed E-state index contributed by atoms with van der Waals surface area (Å²) < 4.78 is 5.80. The van der Waals surface area contributed by atoms with Crippen molar-refractivity contribution < 1.29 is 30.0 Å². The van der Waals surface area contributed by atoms with E-state index in [1.807, 2.05) is 5.32 Å². The average molecular weight is 274 g/mol. The second-order valence-corrected chi connectivity index (χ2v) is 4.11. The van der Waals surface area contributed by atoms with E-state index in [0.29, 0.717) is 0 Å². The molecule has 7 N–H and O–H groups in total. The van der Waals surface area contributed by atoms with E-state index in [2.05, 4.69) is 4.98 Å². The van der Waals surface area contributed by atoms with Gasteiger partial charge in [0, 0.05) is 12.4 Å². The molecule has 0 bridgehead atoms. The van der Waals surface area contributed by atoms with Crippen molar-refractivity contribution in [3.63, 3.8) is 0 Å². The van der Waals surface area contributed by atoms with Crippen molar-refractivity contribution in [2.24, 2.45) is 5.73 Å². The fourth-order valence-corrected chi connectivity index (χ4v) is 1.73. The minimum Gasteiger partial charge on any atom is -0.387 e. The Labute approximate surface area is 107 Å². The molecule has 2 heterocycles. The fourth-order valence-electron chi connectivity index (χ4n) is 1.73. The first-order valence-electron chi connectivity index (χ1n) is 5.35. The highest BCUT2D eigenvalue weighted by Gasteiger charge is 2.56. The van der Waals surface area contributed by atoms with Gasteiger partial charge in [-0.1, -0.05) is 0 Å². The summed E-state index contributed by atoms with van der Waals surface area (Å²) in [5, 5.41) is 40.3. The van der Waals surface area contributed by atoms with Crippen molar-refractivity contribution in [2.45, 2.75) is 30.5 Å². The van der Waals surface area contributed by atoms with E-state index in [-0.39, 0.29) is 0 Å². The largest absolute Gasteiger partial charge is 0.387 e. The van der Waals surface area contributed by atoms with Gasteiger partial charge in [-0.25, -0.2) is 9.78 Å². The van der Waals surface area contributed by atoms with Crippen molar-refractivity contribution in [3.8, 4) is 0 Å². The topological polar surface area (TPSA) is 163 Å². The number of nitrogens with two attached hydrogens (primary N) is 1. The Bertz CT molecular complexity index is 452. The van der Waals surface area contributed by atoms with E-state index in [1.54, 1.807) is 0 Å². The molecule has 1 aliphatic heterocycles. The molecule has 0 aliphatic carbocycles. The highest BCUT2D eigenvalue weighted by Crippen LogP contribution is 2.28. The van der Waals surface area contributed by atoms with E-state index in [4.69, 9.17) is 15.6 Å². The van der Waals surface area contributed by atoms with Crippen LogP contribution >= 0.6 is 0 Å². The van der Waals surface area contributed by atoms with E-state index >= 15 is 0 Å². The van der Waals surface area contributed by atoms with Crippen molar-refractivity contribution in [1.29, 1.82) is 0 Å². The number of rotatable bonds is 2. The van der Waals surface area contributed by atoms with Gasteiger partial charge in [0.25, 0.3) is 5.91 Å². The van der Waals surface area contributed by atoms with Gasteiger partial charge in [-0.05, 0) is 0 Å². The number of imidazole rings is 1. The summed E-state index contributed by atoms with van der Waals surface area (Å²) in [6, 6.07) is -0.849. The number of amides is 1. The smallest absolute Gasteiger partial charge is 0.330 e. The molecule has 1 unspecified atom stereocenters. The lowest BCUT2D eigenvalue weighted by Gasteiger charge is -2.26. The lowest BCUT2D eigenvalue weighted by atomic mass is 10.1. The van der Waals surface area contributed by atoms with Gasteiger partial charge in [0.15, 0.2) is 6.10 Å². The Morgan fingerprint density at radius 1 is 1.58 bits per heavy atom. The molecule has 106 valence electrons. The molecule has 0 saturated carbocycles. The molecule has 5 atom stereocenters. The predicted molar refractivity (Wildman–Crippen MR) is 58.2 cm³/mol. The fraction of sp³-hybridized carbons (Fsp3) is 0.556. The van der Waals surface area contributed by atoms with Gasteiger partial charge < -0.3 is 30.9 Å². The van der Waals surface area contributed by atoms with Gasteiger partial charge in [-0.3, -0.25) is 9.88 Å². The minimum absolute atomic E-state index is 0.849. The van der Waals surface area contributed by atoms with Crippen LogP contribution in [0.2, 0.25) is 0 Å². The number of carbonyl (C=O) groups excluding carboxylic acids is 1. The molecule has 0 radical (unpaired) electrons. The Balaban J connectivity index is 2.13. The second kappa shape index (κ2) is 4.85. The number of nitrogens with one attached hydrogen (secondary N) is 1. The van der Waals surface area contributed by atoms with Crippen molar-refractivity contribution >= 4 is 6.03 Å². The van der Waals surface area contributed by atoms with E-state index in [1.165, 1.54) is 12.4 Å². The average Bonchev–Trinajstić information content (AvgIpc) is 2.93. The van der Waals surface area contributed by atoms with Crippen LogP contribution in [0.5, 0.6) is 0 Å². The molecule has 10 nitrogen and oxygen atoms in total. The third-order valence-corrected chi connectivity index (χ3v) is 2.74. The maximum absolute atomic E-state index is 11.7. The predicted octanol–water partition coefficient (Wildman–Crippen LogP) is -3.52. The number of hydrogen-bond donors (Lipinski definition) is 6. The maximum atomic E-state index is 11.7. The van der Waals surface area contributed by atoms with Gasteiger partial charge >= 0.3 is 6.03 Å². The van der Waals surface area contributed by atoms with Gasteiger partial charge in [-0.15, -0.1) is 0 Å². The Kier molecular flexibility index (Phi) is 3.54. The van der Waals surface area contributed by atoms with Crippen LogP contribution in [0.4, 0.5) is 4.79 Å². The van der Waals surface area contributed by atoms with Crippen molar-refractivity contribution in [1.82, 2.24) is 14.9 Å². The Morgan fingerprint density at radius 3 is 2.74 bits per heavy atom. The summed E-state index contributed by atoms with van der Waals surface area (Å²) in [5.41, 5.74) is 5.12. The molecule has 1 saturated heterocycles. The molecule has 1 amide bonds. The number of aliphatic hydroxyl groups is 4. The van der Waals surface area contributed by atoms with Crippen LogP contribution in [0.3, 0.4) is 0 Å². The lowest BCUT2D eigenvalue weighted by molar-refractivity contribution is -0.247. The highest BCUT2D eigenvalue weighted by molar-refractivity contribution is 5.76. The van der Waals surface area contributed by atoms with Gasteiger partial charge in [-0.2, -0.15) is 0 Å². The quantitative estimate of drug-likeness (QED) is 0.302. The third-order valence-electron chi connectivity index (χ3n) is 2.74. The molecule has 0 spiro atoms. The Hall–Kier alpha value is -1.56. The van der Waals surface area contributed by atoms with Crippen LogP contribution in [0.1, 0.15) is 0 Å². The number of carbonyl (C=O) groups is 1. The SMILES string of the molecule is NC(O)[C@H]1O[C@@](O)(NC(=O)n2ccnc2)[C@H](O)[C@@H]1O.